The third-order valence-electron chi connectivity index (χ3n) is 28.8. The molecule has 0 N–H and O–H groups in total. The Morgan fingerprint density at radius 1 is 0.196 bits per heavy atom. The molecule has 0 saturated heterocycles. The lowest BCUT2D eigenvalue weighted by atomic mass is 9.96. The molecule has 0 unspecified atom stereocenters. The van der Waals surface area contributed by atoms with Gasteiger partial charge in [-0.2, -0.15) is 26.3 Å². The number of thiophene rings is 2. The first-order valence-corrected chi connectivity index (χ1v) is 50.1. The molecule has 0 radical (unpaired) electrons. The van der Waals surface area contributed by atoms with Crippen molar-refractivity contribution in [2.24, 2.45) is 0 Å². The first-order valence-electron chi connectivity index (χ1n) is 48.5. The zero-order valence-corrected chi connectivity index (χ0v) is 79.6. The molecule has 0 aliphatic rings. The molecule has 0 aliphatic carbocycles. The van der Waals surface area contributed by atoms with E-state index < -0.39 is 23.5 Å². The summed E-state index contributed by atoms with van der Waals surface area (Å²) in [6.07, 6.45) is -9.34. The van der Waals surface area contributed by atoms with Crippen molar-refractivity contribution in [3.63, 3.8) is 0 Å². The predicted octanol–water partition coefficient (Wildman–Crippen LogP) is 36.0. The van der Waals surface area contributed by atoms with E-state index >= 15 is 26.3 Å². The highest BCUT2D eigenvalue weighted by atomic mass is 32.1. The molecule has 0 bridgehead atoms. The number of rotatable bonds is 12. The summed E-state index contributed by atoms with van der Waals surface area (Å²) in [4.78, 5) is 30.4. The minimum absolute atomic E-state index is 0.334. The molecule has 10 aromatic heterocycles. The standard InChI is InChI=1S/C64H36F3N5O2.C64H36F3N5S2/c2*65-64(66,67)40-28-32-52(72-50-24-12-8-22-46(50)58-54(72)34-30-44-42-20-10-14-26-56(42)74-60(44)58)48(36-40)47-35-39(63-69-61(37-15-3-1-4-16-37)68-62(70-63)38-17-5-2-6-18-38)27-31-51(47)71-49-23-11-7-21-45(49)57-53(71)33-29-43-41-19-9-13-25-55(41)73-59(43)57/h2*1-36H. The van der Waals surface area contributed by atoms with Crippen molar-refractivity contribution >= 4 is 194 Å². The van der Waals surface area contributed by atoms with Crippen LogP contribution in [-0.4, -0.2) is 48.2 Å². The van der Waals surface area contributed by atoms with Crippen LogP contribution in [0.3, 0.4) is 0 Å². The van der Waals surface area contributed by atoms with Crippen LogP contribution in [0.25, 0.3) is 285 Å². The van der Waals surface area contributed by atoms with Gasteiger partial charge in [-0.3, -0.25) is 0 Å². The first-order chi connectivity index (χ1) is 72.7. The van der Waals surface area contributed by atoms with Crippen molar-refractivity contribution < 1.29 is 35.2 Å². The van der Waals surface area contributed by atoms with E-state index in [4.69, 9.17) is 38.7 Å². The summed E-state index contributed by atoms with van der Waals surface area (Å²) >= 11 is 3.50. The van der Waals surface area contributed by atoms with Gasteiger partial charge >= 0.3 is 12.4 Å². The molecule has 30 rings (SSSR count). The van der Waals surface area contributed by atoms with E-state index in [1.165, 1.54) is 44.4 Å². The van der Waals surface area contributed by atoms with Gasteiger partial charge < -0.3 is 27.1 Å². The molecule has 0 aliphatic heterocycles. The molecule has 0 amide bonds. The number of para-hydroxylation sites is 6. The Hall–Kier alpha value is -18.8. The molecule has 12 nitrogen and oxygen atoms in total. The molecule has 30 aromatic rings. The third kappa shape index (κ3) is 13.7. The fourth-order valence-electron chi connectivity index (χ4n) is 22.3. The normalized spacial score (nSPS) is 12.3. The number of alkyl halides is 6. The molecule has 0 saturated carbocycles. The fraction of sp³-hybridized carbons (Fsp3) is 0.0156. The van der Waals surface area contributed by atoms with Crippen molar-refractivity contribution in [1.82, 2.24) is 48.2 Å². The summed E-state index contributed by atoms with van der Waals surface area (Å²) in [6, 6.07) is 141. The number of aromatic nitrogens is 10. The van der Waals surface area contributed by atoms with Crippen molar-refractivity contribution in [3.8, 4) is 113 Å². The molecular formula is C128H72F6N10O2S2. The third-order valence-corrected chi connectivity index (χ3v) is 31.2. The lowest BCUT2D eigenvalue weighted by Crippen LogP contribution is -2.08. The van der Waals surface area contributed by atoms with Crippen LogP contribution in [-0.2, 0) is 12.4 Å². The van der Waals surface area contributed by atoms with Crippen molar-refractivity contribution in [1.29, 1.82) is 0 Å². The van der Waals surface area contributed by atoms with Gasteiger partial charge in [0.15, 0.2) is 34.9 Å². The Morgan fingerprint density at radius 3 is 0.784 bits per heavy atom. The second-order valence-corrected chi connectivity index (χ2v) is 39.3. The van der Waals surface area contributed by atoms with Gasteiger partial charge in [-0.05, 0) is 158 Å². The molecule has 20 heteroatoms. The zero-order chi connectivity index (χ0) is 98.5. The SMILES string of the molecule is FC(F)(F)c1ccc(-n2c3ccccc3c3c4oc5ccccc5c4ccc32)c(-c2cc(-c3nc(-c4ccccc4)nc(-c4ccccc4)n3)ccc2-n2c3ccccc3c3c4oc5ccccc5c4ccc32)c1.FC(F)(F)c1ccc(-n2c3ccccc3c3c4sc5ccccc5c4ccc32)c(-c2cc(-c3nc(-c4ccccc4)nc(-c4ccccc4)n3)ccc2-n2c3ccccc3c3c4sc5ccccc5c4ccc32)c1. The van der Waals surface area contributed by atoms with Gasteiger partial charge in [-0.15, -0.1) is 22.7 Å². The van der Waals surface area contributed by atoms with Crippen LogP contribution in [0.15, 0.2) is 446 Å². The smallest absolute Gasteiger partial charge is 0.416 e. The van der Waals surface area contributed by atoms with Gasteiger partial charge in [0.25, 0.3) is 0 Å². The topological polar surface area (TPSA) is 123 Å². The quantitative estimate of drug-likeness (QED) is 0.111. The van der Waals surface area contributed by atoms with Crippen molar-refractivity contribution in [2.75, 3.05) is 0 Å². The van der Waals surface area contributed by atoms with E-state index in [1.54, 1.807) is 34.8 Å². The Morgan fingerprint density at radius 2 is 0.453 bits per heavy atom. The van der Waals surface area contributed by atoms with Crippen LogP contribution in [0.2, 0.25) is 0 Å². The highest BCUT2D eigenvalue weighted by Gasteiger charge is 2.37. The van der Waals surface area contributed by atoms with Gasteiger partial charge in [0.05, 0.1) is 88.8 Å². The van der Waals surface area contributed by atoms with E-state index in [0.29, 0.717) is 96.7 Å². The Balaban J connectivity index is 0.000000140. The number of hydrogen-bond donors (Lipinski definition) is 0. The van der Waals surface area contributed by atoms with Gasteiger partial charge in [0.2, 0.25) is 0 Å². The molecule has 148 heavy (non-hydrogen) atoms. The van der Waals surface area contributed by atoms with Crippen LogP contribution in [0, 0.1) is 0 Å². The summed E-state index contributed by atoms with van der Waals surface area (Å²) in [7, 11) is 0. The van der Waals surface area contributed by atoms with Gasteiger partial charge in [-0.1, -0.05) is 279 Å². The molecular weight excluding hydrogens is 1890 g/mol. The minimum atomic E-state index is -4.69. The maximum Gasteiger partial charge on any atom is 0.416 e. The van der Waals surface area contributed by atoms with Crippen LogP contribution in [0.5, 0.6) is 0 Å². The van der Waals surface area contributed by atoms with Crippen molar-refractivity contribution in [3.05, 3.63) is 448 Å². The second-order valence-electron chi connectivity index (χ2n) is 37.1. The Labute approximate surface area is 845 Å². The van der Waals surface area contributed by atoms with Crippen LogP contribution in [0.1, 0.15) is 11.1 Å². The van der Waals surface area contributed by atoms with Gasteiger partial charge in [-0.25, -0.2) is 29.9 Å². The number of hydrogen-bond acceptors (Lipinski definition) is 10. The van der Waals surface area contributed by atoms with E-state index in [1.807, 2.05) is 273 Å². The molecule has 0 atom stereocenters. The lowest BCUT2D eigenvalue weighted by molar-refractivity contribution is -0.138. The summed E-state index contributed by atoms with van der Waals surface area (Å²) in [6.45, 7) is 0. The van der Waals surface area contributed by atoms with Gasteiger partial charge in [0, 0.05) is 150 Å². The van der Waals surface area contributed by atoms with E-state index in [9.17, 15) is 0 Å². The number of nitrogens with zero attached hydrogens (tertiary/aromatic N) is 10. The second kappa shape index (κ2) is 33.4. The molecule has 20 aromatic carbocycles. The first kappa shape index (κ1) is 86.0. The molecule has 10 heterocycles. The Bertz CT molecular complexity index is 10100. The van der Waals surface area contributed by atoms with E-state index in [-0.39, 0.29) is 0 Å². The Kier molecular flexibility index (Phi) is 19.4. The highest BCUT2D eigenvalue weighted by molar-refractivity contribution is 7.27. The summed E-state index contributed by atoms with van der Waals surface area (Å²) in [5.74, 6) is 2.62. The van der Waals surface area contributed by atoms with Crippen LogP contribution in [0.4, 0.5) is 26.3 Å². The van der Waals surface area contributed by atoms with Crippen molar-refractivity contribution in [2.45, 2.75) is 12.4 Å². The van der Waals surface area contributed by atoms with E-state index in [0.717, 1.165) is 168 Å². The number of halogens is 6. The molecule has 700 valence electrons. The largest absolute Gasteiger partial charge is 0.455 e. The number of benzene rings is 20. The van der Waals surface area contributed by atoms with E-state index in [2.05, 4.69) is 146 Å². The minimum Gasteiger partial charge on any atom is -0.455 e. The number of furan rings is 2. The average Bonchev–Trinajstić information content (AvgIpc) is 1.56. The fourth-order valence-corrected chi connectivity index (χ4v) is 24.8. The monoisotopic (exact) mass is 1960 g/mol. The lowest BCUT2D eigenvalue weighted by Gasteiger charge is -2.21. The summed E-state index contributed by atoms with van der Waals surface area (Å²) in [5, 5.41) is 16.3. The maximum absolute atomic E-state index is 15.5. The molecule has 0 fully saturated rings. The maximum atomic E-state index is 15.5. The molecule has 0 spiro atoms. The van der Waals surface area contributed by atoms with Gasteiger partial charge in [0.1, 0.15) is 22.3 Å². The summed E-state index contributed by atoms with van der Waals surface area (Å²) < 4.78 is 119. The average molecular weight is 1960 g/mol. The van der Waals surface area contributed by atoms with Crippen LogP contribution < -0.4 is 0 Å². The highest BCUT2D eigenvalue weighted by Crippen LogP contribution is 2.54. The number of fused-ring (bicyclic) bond motifs is 28. The van der Waals surface area contributed by atoms with Crippen LogP contribution >= 0.6 is 22.7 Å². The summed E-state index contributed by atoms with van der Waals surface area (Å²) in [5.41, 5.74) is 16.9. The predicted molar refractivity (Wildman–Crippen MR) is 591 cm³/mol. The zero-order valence-electron chi connectivity index (χ0n) is 77.9.